The summed E-state index contributed by atoms with van der Waals surface area (Å²) < 4.78 is 29.5. The second-order valence-corrected chi connectivity index (χ2v) is 8.41. The summed E-state index contributed by atoms with van der Waals surface area (Å²) >= 11 is 0. The van der Waals surface area contributed by atoms with Crippen molar-refractivity contribution in [1.29, 1.82) is 0 Å². The maximum Gasteiger partial charge on any atom is 0.330 e. The number of hydrogen-bond donors (Lipinski definition) is 3. The summed E-state index contributed by atoms with van der Waals surface area (Å²) in [6, 6.07) is 14.9. The Morgan fingerprint density at radius 1 is 1.06 bits per heavy atom. The summed E-state index contributed by atoms with van der Waals surface area (Å²) in [4.78, 5) is 28.5. The first-order chi connectivity index (χ1) is 14.7. The van der Waals surface area contributed by atoms with Gasteiger partial charge in [0.25, 0.3) is 5.56 Å². The molecular weight excluding hydrogens is 422 g/mol. The van der Waals surface area contributed by atoms with Crippen LogP contribution in [0.3, 0.4) is 0 Å². The summed E-state index contributed by atoms with van der Waals surface area (Å²) in [5.74, 6) is 0.495. The number of nitrogen functional groups attached to an aromatic ring is 1. The van der Waals surface area contributed by atoms with Crippen molar-refractivity contribution in [2.45, 2.75) is 11.4 Å². The number of nitrogens with zero attached hydrogens (tertiary/aromatic N) is 2. The Hall–Kier alpha value is -3.57. The van der Waals surface area contributed by atoms with Gasteiger partial charge in [-0.3, -0.25) is 14.3 Å². The highest BCUT2D eigenvalue weighted by Gasteiger charge is 2.16. The van der Waals surface area contributed by atoms with Crippen molar-refractivity contribution in [2.75, 3.05) is 30.8 Å². The SMILES string of the molecule is CN(CCOc1ccc(S(N)(=O)=O)cc1)c1c(N)n(Cc2ccccc2)c(=O)[nH]c1=O. The molecule has 11 heteroatoms. The quantitative estimate of drug-likeness (QED) is 0.451. The molecule has 2 aromatic carbocycles. The van der Waals surface area contributed by atoms with Gasteiger partial charge in [-0.1, -0.05) is 30.3 Å². The Bertz CT molecular complexity index is 1270. The van der Waals surface area contributed by atoms with Crippen LogP contribution in [-0.4, -0.2) is 38.2 Å². The highest BCUT2D eigenvalue weighted by Crippen LogP contribution is 2.17. The third kappa shape index (κ3) is 5.32. The maximum absolute atomic E-state index is 12.4. The summed E-state index contributed by atoms with van der Waals surface area (Å²) in [6.45, 7) is 0.686. The zero-order valence-corrected chi connectivity index (χ0v) is 17.6. The molecule has 0 spiro atoms. The van der Waals surface area contributed by atoms with Crippen molar-refractivity contribution < 1.29 is 13.2 Å². The van der Waals surface area contributed by atoms with Crippen molar-refractivity contribution in [3.63, 3.8) is 0 Å². The molecule has 1 heterocycles. The van der Waals surface area contributed by atoms with Gasteiger partial charge in [-0.15, -0.1) is 0 Å². The monoisotopic (exact) mass is 445 g/mol. The van der Waals surface area contributed by atoms with Gasteiger partial charge in [0.1, 0.15) is 23.9 Å². The Balaban J connectivity index is 1.72. The normalized spacial score (nSPS) is 11.3. The van der Waals surface area contributed by atoms with E-state index in [1.807, 2.05) is 30.3 Å². The predicted octanol–water partition coefficient (Wildman–Crippen LogP) is 0.330. The zero-order chi connectivity index (χ0) is 22.6. The number of sulfonamides is 1. The molecule has 5 N–H and O–H groups in total. The minimum atomic E-state index is -3.77. The average molecular weight is 446 g/mol. The van der Waals surface area contributed by atoms with Crippen LogP contribution in [0, 0.1) is 0 Å². The van der Waals surface area contributed by atoms with E-state index < -0.39 is 21.3 Å². The molecule has 31 heavy (non-hydrogen) atoms. The number of nitrogens with one attached hydrogen (secondary N) is 1. The van der Waals surface area contributed by atoms with Gasteiger partial charge in [0.05, 0.1) is 18.0 Å². The van der Waals surface area contributed by atoms with E-state index in [-0.39, 0.29) is 36.1 Å². The van der Waals surface area contributed by atoms with Crippen molar-refractivity contribution in [2.24, 2.45) is 5.14 Å². The van der Waals surface area contributed by atoms with Gasteiger partial charge in [0, 0.05) is 7.05 Å². The average Bonchev–Trinajstić information content (AvgIpc) is 2.71. The standard InChI is InChI=1S/C20H23N5O5S/c1-24(11-12-30-15-7-9-16(10-8-15)31(22,28)29)17-18(21)25(20(27)23-19(17)26)13-14-5-3-2-4-6-14/h2-10H,11-13,21H2,1H3,(H2,22,28,29)(H,23,26,27). The number of ether oxygens (including phenoxy) is 1. The Labute approximate surface area is 178 Å². The van der Waals surface area contributed by atoms with Gasteiger partial charge in [0.15, 0.2) is 0 Å². The van der Waals surface area contributed by atoms with Crippen molar-refractivity contribution in [1.82, 2.24) is 9.55 Å². The van der Waals surface area contributed by atoms with Gasteiger partial charge >= 0.3 is 5.69 Å². The molecule has 0 aliphatic heterocycles. The molecule has 1 aromatic heterocycles. The first kappa shape index (κ1) is 22.1. The lowest BCUT2D eigenvalue weighted by Gasteiger charge is -2.22. The number of anilines is 2. The first-order valence-electron chi connectivity index (χ1n) is 9.30. The summed E-state index contributed by atoms with van der Waals surface area (Å²) in [7, 11) is -2.11. The lowest BCUT2D eigenvalue weighted by Crippen LogP contribution is -2.38. The van der Waals surface area contributed by atoms with E-state index in [4.69, 9.17) is 15.6 Å². The van der Waals surface area contributed by atoms with Gasteiger partial charge in [-0.25, -0.2) is 18.4 Å². The molecule has 0 fully saturated rings. The molecule has 3 rings (SSSR count). The molecule has 0 amide bonds. The highest BCUT2D eigenvalue weighted by molar-refractivity contribution is 7.89. The maximum atomic E-state index is 12.4. The summed E-state index contributed by atoms with van der Waals surface area (Å²) in [5.41, 5.74) is 6.01. The Morgan fingerprint density at radius 3 is 2.32 bits per heavy atom. The van der Waals surface area contributed by atoms with E-state index in [0.717, 1.165) is 5.56 Å². The van der Waals surface area contributed by atoms with Crippen LogP contribution in [-0.2, 0) is 16.6 Å². The molecule has 0 aliphatic carbocycles. The number of rotatable bonds is 8. The smallest absolute Gasteiger partial charge is 0.330 e. The van der Waals surface area contributed by atoms with E-state index >= 15 is 0 Å². The fourth-order valence-corrected chi connectivity index (χ4v) is 3.52. The van der Waals surface area contributed by atoms with Gasteiger partial charge in [-0.05, 0) is 29.8 Å². The summed E-state index contributed by atoms with van der Waals surface area (Å²) in [5, 5.41) is 5.07. The second kappa shape index (κ2) is 9.06. The lowest BCUT2D eigenvalue weighted by atomic mass is 10.2. The van der Waals surface area contributed by atoms with E-state index in [9.17, 15) is 18.0 Å². The fourth-order valence-electron chi connectivity index (χ4n) is 3.01. The minimum absolute atomic E-state index is 0.0167. The van der Waals surface area contributed by atoms with E-state index in [2.05, 4.69) is 4.98 Å². The van der Waals surface area contributed by atoms with Crippen LogP contribution < -0.4 is 31.8 Å². The van der Waals surface area contributed by atoms with Crippen LogP contribution >= 0.6 is 0 Å². The second-order valence-electron chi connectivity index (χ2n) is 6.85. The third-order valence-corrected chi connectivity index (χ3v) is 5.56. The molecule has 164 valence electrons. The number of likely N-dealkylation sites (N-methyl/N-ethyl adjacent to an activating group) is 1. The molecule has 0 bridgehead atoms. The minimum Gasteiger partial charge on any atom is -0.492 e. The number of aromatic amines is 1. The molecule has 0 saturated carbocycles. The van der Waals surface area contributed by atoms with E-state index in [1.165, 1.54) is 28.8 Å². The molecule has 3 aromatic rings. The molecule has 10 nitrogen and oxygen atoms in total. The first-order valence-corrected chi connectivity index (χ1v) is 10.8. The molecule has 0 unspecified atom stereocenters. The summed E-state index contributed by atoms with van der Waals surface area (Å²) in [6.07, 6.45) is 0. The largest absolute Gasteiger partial charge is 0.492 e. The number of benzene rings is 2. The third-order valence-electron chi connectivity index (χ3n) is 4.63. The number of aromatic nitrogens is 2. The van der Waals surface area contributed by atoms with Crippen LogP contribution in [0.5, 0.6) is 5.75 Å². The number of H-pyrrole nitrogens is 1. The van der Waals surface area contributed by atoms with E-state index in [0.29, 0.717) is 5.75 Å². The van der Waals surface area contributed by atoms with Crippen molar-refractivity contribution in [3.05, 3.63) is 81.0 Å². The number of nitrogens with two attached hydrogens (primary N) is 2. The van der Waals surface area contributed by atoms with Gasteiger partial charge in [0.2, 0.25) is 10.0 Å². The molecule has 0 atom stereocenters. The lowest BCUT2D eigenvalue weighted by molar-refractivity contribution is 0.325. The van der Waals surface area contributed by atoms with Crippen molar-refractivity contribution >= 4 is 21.5 Å². The zero-order valence-electron chi connectivity index (χ0n) is 16.8. The van der Waals surface area contributed by atoms with Crippen LogP contribution in [0.4, 0.5) is 11.5 Å². The van der Waals surface area contributed by atoms with E-state index in [1.54, 1.807) is 11.9 Å². The number of hydrogen-bond acceptors (Lipinski definition) is 7. The Morgan fingerprint density at radius 2 is 1.71 bits per heavy atom. The van der Waals surface area contributed by atoms with Crippen LogP contribution in [0.15, 0.2) is 69.1 Å². The topological polar surface area (TPSA) is 154 Å². The van der Waals surface area contributed by atoms with Crippen LogP contribution in [0.1, 0.15) is 5.56 Å². The molecule has 0 aliphatic rings. The number of primary sulfonamides is 1. The van der Waals surface area contributed by atoms with Crippen LogP contribution in [0.25, 0.3) is 0 Å². The van der Waals surface area contributed by atoms with Crippen LogP contribution in [0.2, 0.25) is 0 Å². The fraction of sp³-hybridized carbons (Fsp3) is 0.200. The highest BCUT2D eigenvalue weighted by atomic mass is 32.2. The molecule has 0 saturated heterocycles. The predicted molar refractivity (Wildman–Crippen MR) is 118 cm³/mol. The molecular formula is C20H23N5O5S. The van der Waals surface area contributed by atoms with Crippen molar-refractivity contribution in [3.8, 4) is 5.75 Å². The molecule has 0 radical (unpaired) electrons. The Kier molecular flexibility index (Phi) is 6.47. The van der Waals surface area contributed by atoms with Gasteiger partial charge < -0.3 is 15.4 Å². The van der Waals surface area contributed by atoms with Gasteiger partial charge in [-0.2, -0.15) is 0 Å².